The van der Waals surface area contributed by atoms with Crippen molar-refractivity contribution < 1.29 is 0 Å². The summed E-state index contributed by atoms with van der Waals surface area (Å²) in [5, 5.41) is 23.0. The molecule has 0 bridgehead atoms. The fraction of sp³-hybridized carbons (Fsp3) is 0.289. The molecule has 0 aromatic heterocycles. The van der Waals surface area contributed by atoms with Crippen LogP contribution in [0.4, 0.5) is 34.1 Å². The Morgan fingerprint density at radius 3 is 0.686 bits per heavy atom. The fourth-order valence-corrected chi connectivity index (χ4v) is 24.8. The smallest absolute Gasteiger partial charge is 0.0387 e. The third kappa shape index (κ3) is 19.9. The lowest BCUT2D eigenvalue weighted by Crippen LogP contribution is -2.25. The van der Waals surface area contributed by atoms with Crippen LogP contribution in [0.25, 0.3) is 143 Å². The van der Waals surface area contributed by atoms with Crippen LogP contribution in [0.2, 0.25) is 0 Å². The normalized spacial score (nSPS) is 13.2. The van der Waals surface area contributed by atoms with E-state index < -0.39 is 0 Å². The maximum absolute atomic E-state index is 5.89. The van der Waals surface area contributed by atoms with Gasteiger partial charge in [0, 0.05) is 54.8 Å². The molecule has 0 amide bonds. The van der Waals surface area contributed by atoms with Gasteiger partial charge in [0.2, 0.25) is 0 Å². The number of hydrogen-bond donors (Lipinski definition) is 4. The van der Waals surface area contributed by atoms with Crippen LogP contribution in [-0.4, -0.2) is 0 Å². The van der Waals surface area contributed by atoms with Gasteiger partial charge in [0.25, 0.3) is 0 Å². The number of nitrogens with one attached hydrogen (secondary N) is 2. The average Bonchev–Trinajstić information content (AvgIpc) is 1.63. The summed E-state index contributed by atoms with van der Waals surface area (Å²) in [4.78, 5) is 0. The zero-order chi connectivity index (χ0) is 95.9. The van der Waals surface area contributed by atoms with E-state index >= 15 is 0 Å². The van der Waals surface area contributed by atoms with Gasteiger partial charge < -0.3 is 22.1 Å². The summed E-state index contributed by atoms with van der Waals surface area (Å²) in [7, 11) is 0. The highest BCUT2D eigenvalue weighted by molar-refractivity contribution is 9.10. The van der Waals surface area contributed by atoms with Crippen molar-refractivity contribution in [3.63, 3.8) is 0 Å². The number of unbranched alkanes of at least 4 members (excludes halogenated alkanes) is 18. The largest absolute Gasteiger partial charge is 0.399 e. The lowest BCUT2D eigenvalue weighted by atomic mass is 9.70. The minimum atomic E-state index is 0.0710. The first-order valence-electron chi connectivity index (χ1n) is 53.5. The van der Waals surface area contributed by atoms with Crippen LogP contribution in [0.1, 0.15) is 268 Å². The number of nitrogens with two attached hydrogens (primary N) is 2. The summed E-state index contributed by atoms with van der Waals surface area (Å²) in [6.45, 7) is 13.9. The third-order valence-corrected chi connectivity index (χ3v) is 32.2. The van der Waals surface area contributed by atoms with Gasteiger partial charge in [-0.15, -0.1) is 0 Å². The van der Waals surface area contributed by atoms with Gasteiger partial charge in [-0.05, 0) is 324 Å². The Bertz CT molecular complexity index is 6910. The van der Waals surface area contributed by atoms with Gasteiger partial charge in [0.05, 0.1) is 0 Å². The van der Waals surface area contributed by atoms with Gasteiger partial charge in [-0.3, -0.25) is 0 Å². The number of rotatable bonds is 38. The lowest BCUT2D eigenvalue weighted by molar-refractivity contribution is 0.401. The molecule has 18 aromatic rings. The van der Waals surface area contributed by atoms with E-state index in [0.29, 0.717) is 0 Å². The van der Waals surface area contributed by atoms with E-state index in [9.17, 15) is 0 Å². The fourth-order valence-electron chi connectivity index (χ4n) is 24.4. The average molecular weight is 1900 g/mol. The predicted octanol–water partition coefficient (Wildman–Crippen LogP) is 40.7. The minimum Gasteiger partial charge on any atom is -0.399 e. The summed E-state index contributed by atoms with van der Waals surface area (Å²) < 4.78 is 1.22. The Kier molecular flexibility index (Phi) is 30.4. The first-order chi connectivity index (χ1) is 68.8. The van der Waals surface area contributed by atoms with Crippen LogP contribution >= 0.6 is 15.9 Å². The van der Waals surface area contributed by atoms with Crippen LogP contribution in [0.5, 0.6) is 0 Å². The number of hydrogen-bond acceptors (Lipinski definition) is 4. The maximum atomic E-state index is 5.89. The predicted molar refractivity (Wildman–Crippen MR) is 613 cm³/mol. The number of halogens is 1. The van der Waals surface area contributed by atoms with E-state index in [1.165, 1.54) is 362 Å². The molecule has 0 aliphatic heterocycles. The molecule has 5 heteroatoms. The van der Waals surface area contributed by atoms with Crippen LogP contribution in [0.15, 0.2) is 350 Å². The van der Waals surface area contributed by atoms with Gasteiger partial charge in [-0.1, -0.05) is 448 Å². The maximum Gasteiger partial charge on any atom is 0.0387 e. The van der Waals surface area contributed by atoms with Crippen molar-refractivity contribution in [1.82, 2.24) is 0 Å². The summed E-state index contributed by atoms with van der Waals surface area (Å²) in [5.74, 6) is 0. The van der Waals surface area contributed by atoms with Crippen LogP contribution in [0, 0.1) is 0 Å². The first kappa shape index (κ1) is 96.1. The third-order valence-electron chi connectivity index (χ3n) is 31.7. The second-order valence-electron chi connectivity index (χ2n) is 40.7. The highest BCUT2D eigenvalue weighted by Gasteiger charge is 2.45. The number of benzene rings is 18. The van der Waals surface area contributed by atoms with E-state index in [2.05, 4.69) is 390 Å². The van der Waals surface area contributed by atoms with Crippen LogP contribution < -0.4 is 22.1 Å². The molecule has 3 aliphatic carbocycles. The lowest BCUT2D eigenvalue weighted by Gasteiger charge is -2.33. The molecule has 0 saturated heterocycles. The second-order valence-corrected chi connectivity index (χ2v) is 41.7. The molecule has 0 spiro atoms. The molecule has 3 aliphatic rings. The highest BCUT2D eigenvalue weighted by atomic mass is 79.9. The molecular weight excluding hydrogens is 1760 g/mol. The van der Waals surface area contributed by atoms with Gasteiger partial charge in [-0.25, -0.2) is 0 Å². The van der Waals surface area contributed by atoms with Crippen molar-refractivity contribution in [2.24, 2.45) is 0 Å². The Hall–Kier alpha value is -12.8. The second kappa shape index (κ2) is 44.3. The van der Waals surface area contributed by atoms with E-state index in [1.54, 1.807) is 22.3 Å². The molecule has 6 N–H and O–H groups in total. The van der Waals surface area contributed by atoms with Crippen molar-refractivity contribution in [1.29, 1.82) is 0 Å². The minimum absolute atomic E-state index is 0.0710. The van der Waals surface area contributed by atoms with E-state index in [4.69, 9.17) is 11.5 Å². The molecule has 0 saturated carbocycles. The number of anilines is 6. The summed E-state index contributed by atoms with van der Waals surface area (Å²) in [6.07, 6.45) is 38.8. The van der Waals surface area contributed by atoms with Crippen LogP contribution in [0.3, 0.4) is 0 Å². The standard InChI is InChI=1S/C80H86N2.C30H22N2.C25H33Br/c1-5-9-13-23-49-79(50-24-14-10-6-2)75-31-21-19-29-69(75)71-47-43-63(55-77(71)79)81-61-39-33-57(34-40-61)59-37-45-67-68-46-38-60(54-74(68)66-28-18-17-27-65(66)73(67)53-59)58-35-41-62(42-36-58)82-64-44-48-72-70-30-20-22-32-76(70)80(78(72)56-64,51-25-15-11-7-3)52-26-16-12-8-4;31-23-11-5-19(6-12-23)21-9-15-27-28-16-10-22(20-7-13-24(32)14-8-20)18-30(28)26-4-2-1-3-25(26)29(27)17-21;1-3-5-7-11-17-25(18-12-8-6-4-2)23-14-10-9-13-21(23)22-16-15-20(26)19-24(22)25/h17-22,27-48,53-56,81-82H,5-16,23-26,49-52H2,1-4H3;1-18H,31-32H2;9-10,13-16,19H,3-8,11-12,17-18H2,1-2H3. The van der Waals surface area contributed by atoms with E-state index in [0.717, 1.165) is 22.7 Å². The Labute approximate surface area is 842 Å². The summed E-state index contributed by atoms with van der Waals surface area (Å²) in [5.41, 5.74) is 45.9. The van der Waals surface area contributed by atoms with Gasteiger partial charge in [-0.2, -0.15) is 0 Å². The molecule has 0 fully saturated rings. The van der Waals surface area contributed by atoms with Gasteiger partial charge in [0.15, 0.2) is 0 Å². The van der Waals surface area contributed by atoms with Crippen molar-refractivity contribution in [3.05, 3.63) is 384 Å². The topological polar surface area (TPSA) is 76.1 Å². The molecule has 0 atom stereocenters. The molecule has 0 unspecified atom stereocenters. The number of nitrogen functional groups attached to an aromatic ring is 2. The Morgan fingerprint density at radius 2 is 0.407 bits per heavy atom. The SMILES string of the molecule is CCCCCCC1(CCCCCC)c2ccccc2-c2ccc(Br)cc21.CCCCCCC1(CCCCCC)c2ccccc2-c2ccc(Nc3ccc(-c4ccc5c6ccc(-c7ccc(Nc8ccc9c(c8)C(CCCCCC)(CCCCCC)c8ccccc8-9)cc7)cc6c6ccccc6c5c4)cc3)cc21.Nc1ccc(-c2ccc3c4ccc(-c5ccc(N)cc5)cc4c4ccccc4c3c2)cc1. The van der Waals surface area contributed by atoms with Crippen molar-refractivity contribution >= 4 is 115 Å². The molecule has 21 rings (SSSR count). The Morgan fingerprint density at radius 1 is 0.186 bits per heavy atom. The zero-order valence-corrected chi connectivity index (χ0v) is 85.2. The van der Waals surface area contributed by atoms with Gasteiger partial charge in [0.1, 0.15) is 0 Å². The molecule has 0 radical (unpaired) electrons. The quantitative estimate of drug-likeness (QED) is 0.0177. The monoisotopic (exact) mass is 1900 g/mol. The molecule has 140 heavy (non-hydrogen) atoms. The van der Waals surface area contributed by atoms with E-state index in [1.807, 2.05) is 24.3 Å². The number of fused-ring (bicyclic) bond motifs is 21. The molecule has 0 heterocycles. The van der Waals surface area contributed by atoms with Crippen molar-refractivity contribution in [3.8, 4) is 77.9 Å². The van der Waals surface area contributed by atoms with Crippen molar-refractivity contribution in [2.75, 3.05) is 22.1 Å². The zero-order valence-electron chi connectivity index (χ0n) is 83.7. The highest BCUT2D eigenvalue weighted by Crippen LogP contribution is 2.59. The summed E-state index contributed by atoms with van der Waals surface area (Å²) in [6, 6.07) is 129. The van der Waals surface area contributed by atoms with Crippen LogP contribution in [-0.2, 0) is 16.2 Å². The molecule has 18 aromatic carbocycles. The van der Waals surface area contributed by atoms with Gasteiger partial charge >= 0.3 is 0 Å². The summed E-state index contributed by atoms with van der Waals surface area (Å²) >= 11 is 3.75. The molecular formula is C135H141BrN4. The van der Waals surface area contributed by atoms with Crippen molar-refractivity contribution in [2.45, 2.75) is 250 Å². The molecule has 4 nitrogen and oxygen atoms in total. The Balaban J connectivity index is 0.000000173. The van der Waals surface area contributed by atoms with E-state index in [-0.39, 0.29) is 16.2 Å². The molecule has 708 valence electrons. The first-order valence-corrected chi connectivity index (χ1v) is 54.3.